The Hall–Kier alpha value is -6.78. The van der Waals surface area contributed by atoms with E-state index >= 15 is 0 Å². The molecule has 0 amide bonds. The van der Waals surface area contributed by atoms with Crippen LogP contribution in [0.4, 0.5) is 0 Å². The minimum absolute atomic E-state index is 0.928. The number of hydrogen-bond donors (Lipinski definition) is 0. The summed E-state index contributed by atoms with van der Waals surface area (Å²) in [5.74, 6) is 0. The zero-order valence-corrected chi connectivity index (χ0v) is 27.1. The standard InChI is InChI=1S/C46H30N4/c1-4-13-31(14-5-1)40-29-36(30-41(48-40)32-15-6-2-7-16-32)50-44-21-12-26-47-46(44)38-24-22-34(28-45(38)50)33-23-25-43-39(27-33)37-19-10-11-20-42(37)49(43)35-17-8-3-9-18-35/h1-30H. The molecule has 0 fully saturated rings. The quantitative estimate of drug-likeness (QED) is 0.188. The Morgan fingerprint density at radius 3 is 1.66 bits per heavy atom. The van der Waals surface area contributed by atoms with Gasteiger partial charge in [0, 0.05) is 39.2 Å². The highest BCUT2D eigenvalue weighted by Gasteiger charge is 2.18. The van der Waals surface area contributed by atoms with E-state index in [1.54, 1.807) is 0 Å². The Labute approximate surface area is 289 Å². The predicted molar refractivity (Wildman–Crippen MR) is 207 cm³/mol. The first-order valence-electron chi connectivity index (χ1n) is 16.9. The van der Waals surface area contributed by atoms with Crippen LogP contribution in [0.15, 0.2) is 182 Å². The van der Waals surface area contributed by atoms with E-state index in [1.807, 2.05) is 24.4 Å². The van der Waals surface area contributed by atoms with Crippen molar-refractivity contribution in [2.45, 2.75) is 0 Å². The fourth-order valence-corrected chi connectivity index (χ4v) is 7.46. The van der Waals surface area contributed by atoms with Crippen molar-refractivity contribution < 1.29 is 0 Å². The molecular weight excluding hydrogens is 609 g/mol. The second kappa shape index (κ2) is 11.4. The van der Waals surface area contributed by atoms with Gasteiger partial charge < -0.3 is 9.13 Å². The molecule has 0 spiro atoms. The maximum absolute atomic E-state index is 5.16. The number of nitrogens with zero attached hydrogens (tertiary/aromatic N) is 4. The topological polar surface area (TPSA) is 35.6 Å². The predicted octanol–water partition coefficient (Wildman–Crippen LogP) is 11.7. The second-order valence-corrected chi connectivity index (χ2v) is 12.7. The van der Waals surface area contributed by atoms with Crippen LogP contribution in [0.3, 0.4) is 0 Å². The van der Waals surface area contributed by atoms with Crippen LogP contribution in [-0.2, 0) is 0 Å². The molecule has 0 saturated heterocycles. The van der Waals surface area contributed by atoms with Gasteiger partial charge in [0.15, 0.2) is 0 Å². The van der Waals surface area contributed by atoms with Gasteiger partial charge in [0.1, 0.15) is 0 Å². The lowest BCUT2D eigenvalue weighted by molar-refractivity contribution is 1.16. The number of pyridine rings is 2. The Morgan fingerprint density at radius 2 is 0.920 bits per heavy atom. The Balaban J connectivity index is 1.20. The first-order valence-corrected chi connectivity index (χ1v) is 16.9. The molecule has 6 aromatic carbocycles. The molecule has 10 rings (SSSR count). The number of rotatable bonds is 5. The van der Waals surface area contributed by atoms with E-state index in [9.17, 15) is 0 Å². The minimum Gasteiger partial charge on any atom is -0.309 e. The third-order valence-electron chi connectivity index (χ3n) is 9.75. The van der Waals surface area contributed by atoms with Crippen LogP contribution in [-0.4, -0.2) is 19.1 Å². The molecule has 4 aromatic heterocycles. The van der Waals surface area contributed by atoms with Crippen LogP contribution in [0.5, 0.6) is 0 Å². The number of hydrogen-bond acceptors (Lipinski definition) is 2. The summed E-state index contributed by atoms with van der Waals surface area (Å²) in [5.41, 5.74) is 14.1. The van der Waals surface area contributed by atoms with Gasteiger partial charge in [-0.15, -0.1) is 0 Å². The van der Waals surface area contributed by atoms with Crippen molar-refractivity contribution in [3.63, 3.8) is 0 Å². The summed E-state index contributed by atoms with van der Waals surface area (Å²) in [7, 11) is 0. The minimum atomic E-state index is 0.928. The molecule has 0 bridgehead atoms. The van der Waals surface area contributed by atoms with Gasteiger partial charge in [0.25, 0.3) is 0 Å². The van der Waals surface area contributed by atoms with E-state index in [-0.39, 0.29) is 0 Å². The Morgan fingerprint density at radius 1 is 0.340 bits per heavy atom. The van der Waals surface area contributed by atoms with Crippen molar-refractivity contribution in [3.05, 3.63) is 182 Å². The SMILES string of the molecule is c1ccc(-c2cc(-n3c4cc(-c5ccc6c(c5)c5ccccc5n6-c5ccccc5)ccc4c4ncccc43)cc(-c3ccccc3)n2)cc1. The fraction of sp³-hybridized carbons (Fsp3) is 0. The lowest BCUT2D eigenvalue weighted by Crippen LogP contribution is -1.98. The number of fused-ring (bicyclic) bond motifs is 6. The van der Waals surface area contributed by atoms with Crippen molar-refractivity contribution in [1.82, 2.24) is 19.1 Å². The molecule has 0 aliphatic rings. The van der Waals surface area contributed by atoms with Gasteiger partial charge in [-0.05, 0) is 77.9 Å². The maximum atomic E-state index is 5.16. The first kappa shape index (κ1) is 28.3. The molecule has 4 heteroatoms. The van der Waals surface area contributed by atoms with Crippen LogP contribution >= 0.6 is 0 Å². The highest BCUT2D eigenvalue weighted by atomic mass is 15.0. The molecule has 4 heterocycles. The van der Waals surface area contributed by atoms with Crippen LogP contribution < -0.4 is 0 Å². The molecule has 50 heavy (non-hydrogen) atoms. The van der Waals surface area contributed by atoms with E-state index in [1.165, 1.54) is 27.4 Å². The molecule has 0 saturated carbocycles. The van der Waals surface area contributed by atoms with E-state index < -0.39 is 0 Å². The van der Waals surface area contributed by atoms with Crippen molar-refractivity contribution in [3.8, 4) is 45.0 Å². The average molecular weight is 639 g/mol. The molecule has 0 unspecified atom stereocenters. The van der Waals surface area contributed by atoms with E-state index in [0.717, 1.165) is 61.4 Å². The van der Waals surface area contributed by atoms with E-state index in [0.29, 0.717) is 0 Å². The van der Waals surface area contributed by atoms with Gasteiger partial charge in [-0.1, -0.05) is 109 Å². The fourth-order valence-electron chi connectivity index (χ4n) is 7.46. The number of benzene rings is 6. The smallest absolute Gasteiger partial charge is 0.0963 e. The van der Waals surface area contributed by atoms with Crippen molar-refractivity contribution >= 4 is 43.7 Å². The monoisotopic (exact) mass is 638 g/mol. The summed E-state index contributed by atoms with van der Waals surface area (Å²) in [6.07, 6.45) is 1.88. The molecule has 0 aliphatic carbocycles. The molecule has 4 nitrogen and oxygen atoms in total. The van der Waals surface area contributed by atoms with Gasteiger partial charge >= 0.3 is 0 Å². The van der Waals surface area contributed by atoms with Crippen LogP contribution in [0.25, 0.3) is 88.8 Å². The highest BCUT2D eigenvalue weighted by Crippen LogP contribution is 2.38. The van der Waals surface area contributed by atoms with E-state index in [4.69, 9.17) is 9.97 Å². The zero-order valence-electron chi connectivity index (χ0n) is 27.1. The van der Waals surface area contributed by atoms with Crippen molar-refractivity contribution in [2.24, 2.45) is 0 Å². The first-order chi connectivity index (χ1) is 24.8. The second-order valence-electron chi connectivity index (χ2n) is 12.7. The third kappa shape index (κ3) is 4.54. The Kier molecular flexibility index (Phi) is 6.46. The Bertz CT molecular complexity index is 2790. The van der Waals surface area contributed by atoms with Gasteiger partial charge in [-0.2, -0.15) is 0 Å². The molecule has 10 aromatic rings. The average Bonchev–Trinajstić information content (AvgIpc) is 3.71. The molecule has 0 N–H and O–H groups in total. The maximum Gasteiger partial charge on any atom is 0.0963 e. The zero-order chi connectivity index (χ0) is 33.0. The largest absolute Gasteiger partial charge is 0.309 e. The van der Waals surface area contributed by atoms with Crippen molar-refractivity contribution in [2.75, 3.05) is 0 Å². The van der Waals surface area contributed by atoms with Gasteiger partial charge in [-0.3, -0.25) is 4.98 Å². The van der Waals surface area contributed by atoms with E-state index in [2.05, 4.69) is 167 Å². The van der Waals surface area contributed by atoms with Crippen LogP contribution in [0.2, 0.25) is 0 Å². The number of para-hydroxylation sites is 2. The van der Waals surface area contributed by atoms with Gasteiger partial charge in [0.2, 0.25) is 0 Å². The summed E-state index contributed by atoms with van der Waals surface area (Å²) in [6, 6.07) is 62.4. The lowest BCUT2D eigenvalue weighted by atomic mass is 10.0. The summed E-state index contributed by atoms with van der Waals surface area (Å²) in [5, 5.41) is 3.59. The third-order valence-corrected chi connectivity index (χ3v) is 9.75. The normalized spacial score (nSPS) is 11.6. The van der Waals surface area contributed by atoms with Crippen LogP contribution in [0.1, 0.15) is 0 Å². The summed E-state index contributed by atoms with van der Waals surface area (Å²) in [6.45, 7) is 0. The lowest BCUT2D eigenvalue weighted by Gasteiger charge is -2.13. The summed E-state index contributed by atoms with van der Waals surface area (Å²) < 4.78 is 4.71. The number of aromatic nitrogens is 4. The highest BCUT2D eigenvalue weighted by molar-refractivity contribution is 6.11. The molecule has 0 radical (unpaired) electrons. The molecule has 234 valence electrons. The molecular formula is C46H30N4. The molecule has 0 atom stereocenters. The molecule has 0 aliphatic heterocycles. The van der Waals surface area contributed by atoms with Gasteiger partial charge in [0.05, 0.1) is 44.7 Å². The van der Waals surface area contributed by atoms with Gasteiger partial charge in [-0.25, -0.2) is 4.98 Å². The summed E-state index contributed by atoms with van der Waals surface area (Å²) >= 11 is 0. The van der Waals surface area contributed by atoms with Crippen molar-refractivity contribution in [1.29, 1.82) is 0 Å². The van der Waals surface area contributed by atoms with Crippen LogP contribution in [0, 0.1) is 0 Å². The summed E-state index contributed by atoms with van der Waals surface area (Å²) in [4.78, 5) is 10.0.